The molecule has 0 amide bonds. The summed E-state index contributed by atoms with van der Waals surface area (Å²) < 4.78 is 0. The van der Waals surface area contributed by atoms with Crippen molar-refractivity contribution in [3.05, 3.63) is 231 Å². The van der Waals surface area contributed by atoms with Gasteiger partial charge in [-0.3, -0.25) is 0 Å². The van der Waals surface area contributed by atoms with Crippen molar-refractivity contribution in [3.63, 3.8) is 0 Å². The second-order valence-electron chi connectivity index (χ2n) is 15.4. The third kappa shape index (κ3) is 6.18. The molecule has 0 atom stereocenters. The van der Waals surface area contributed by atoms with E-state index < -0.39 is 0 Å². The van der Waals surface area contributed by atoms with Gasteiger partial charge >= 0.3 is 0 Å². The van der Waals surface area contributed by atoms with E-state index in [4.69, 9.17) is 0 Å². The minimum Gasteiger partial charge on any atom is -0.321 e. The largest absolute Gasteiger partial charge is 0.321 e. The zero-order valence-electron chi connectivity index (χ0n) is 33.1. The Balaban J connectivity index is 1.01. The van der Waals surface area contributed by atoms with E-state index in [2.05, 4.69) is 250 Å². The summed E-state index contributed by atoms with van der Waals surface area (Å²) >= 11 is 0. The van der Waals surface area contributed by atoms with Crippen LogP contribution in [0.2, 0.25) is 0 Å². The number of rotatable bonds is 8. The predicted molar refractivity (Wildman–Crippen MR) is 252 cm³/mol. The van der Waals surface area contributed by atoms with Gasteiger partial charge in [0, 0.05) is 33.6 Å². The van der Waals surface area contributed by atoms with Crippen molar-refractivity contribution in [2.75, 3.05) is 32.9 Å². The molecule has 0 fully saturated rings. The summed E-state index contributed by atoms with van der Waals surface area (Å²) in [6, 6.07) is 83.3. The minimum absolute atomic E-state index is 0.667. The second-order valence-corrected chi connectivity index (χ2v) is 15.4. The average Bonchev–Trinajstić information content (AvgIpc) is 3.92. The fraction of sp³-hybridized carbons (Fsp3) is 0.0357. The van der Waals surface area contributed by atoms with Gasteiger partial charge in [0.1, 0.15) is 13.3 Å². The fourth-order valence-corrected chi connectivity index (χ4v) is 9.15. The molecule has 0 N–H and O–H groups in total. The zero-order valence-corrected chi connectivity index (χ0v) is 33.1. The Labute approximate surface area is 352 Å². The first kappa shape index (κ1) is 35.4. The van der Waals surface area contributed by atoms with E-state index in [0.717, 1.165) is 11.4 Å². The van der Waals surface area contributed by atoms with Crippen LogP contribution in [0, 0.1) is 0 Å². The molecule has 11 rings (SSSR count). The Kier molecular flexibility index (Phi) is 8.94. The highest BCUT2D eigenvalue weighted by atomic mass is 15.4. The van der Waals surface area contributed by atoms with Crippen molar-refractivity contribution in [2.24, 2.45) is 0 Å². The molecule has 0 radical (unpaired) electrons. The standard InChI is InChI=1S/C56H42N4/c1-5-20-41(21-6-1)47-30-18-31-48(42-22-7-2-8-23-42)55(47)59-39-57(51-34-13-15-36-53(51)59)45-28-17-29-46(38-45)58-40-60(54-37-16-14-35-52(54)58)56-49(43-24-9-3-10-25-43)32-19-33-50(56)44-26-11-4-12-27-44/h1-38H,39-40H2. The molecule has 4 nitrogen and oxygen atoms in total. The van der Waals surface area contributed by atoms with Crippen LogP contribution < -0.4 is 19.6 Å². The SMILES string of the molecule is c1ccc(-c2cccc(-c3ccccc3)c2N2CN(c3cccc(N4CN(c5c(-c6ccccc6)cccc5-c5ccccc5)c5ccccc54)c3)c3ccccc32)cc1. The Hall–Kier alpha value is -7.82. The van der Waals surface area contributed by atoms with Crippen molar-refractivity contribution >= 4 is 45.5 Å². The number of para-hydroxylation sites is 6. The van der Waals surface area contributed by atoms with Gasteiger partial charge in [-0.2, -0.15) is 0 Å². The number of nitrogens with zero attached hydrogens (tertiary/aromatic N) is 4. The Morgan fingerprint density at radius 2 is 0.500 bits per heavy atom. The van der Waals surface area contributed by atoms with Gasteiger partial charge in [-0.25, -0.2) is 0 Å². The summed E-state index contributed by atoms with van der Waals surface area (Å²) in [5.41, 5.74) is 19.1. The van der Waals surface area contributed by atoms with Crippen molar-refractivity contribution in [1.82, 2.24) is 0 Å². The van der Waals surface area contributed by atoms with Gasteiger partial charge in [-0.05, 0) is 64.7 Å². The molecule has 9 aromatic rings. The Morgan fingerprint density at radius 3 is 0.817 bits per heavy atom. The zero-order chi connectivity index (χ0) is 39.8. The first-order valence-electron chi connectivity index (χ1n) is 20.7. The third-order valence-electron chi connectivity index (χ3n) is 11.9. The van der Waals surface area contributed by atoms with Gasteiger partial charge in [0.25, 0.3) is 0 Å². The van der Waals surface area contributed by atoms with Crippen molar-refractivity contribution in [2.45, 2.75) is 0 Å². The van der Waals surface area contributed by atoms with Crippen LogP contribution >= 0.6 is 0 Å². The molecule has 0 unspecified atom stereocenters. The van der Waals surface area contributed by atoms with E-state index in [9.17, 15) is 0 Å². The van der Waals surface area contributed by atoms with Crippen LogP contribution in [-0.2, 0) is 0 Å². The molecule has 0 bridgehead atoms. The minimum atomic E-state index is 0.667. The normalized spacial score (nSPS) is 13.1. The number of hydrogen-bond donors (Lipinski definition) is 0. The van der Waals surface area contributed by atoms with Crippen LogP contribution in [0.4, 0.5) is 45.5 Å². The van der Waals surface area contributed by atoms with Gasteiger partial charge in [0.2, 0.25) is 0 Å². The average molecular weight is 771 g/mol. The maximum atomic E-state index is 2.51. The number of benzene rings is 9. The molecule has 0 spiro atoms. The molecule has 0 aliphatic carbocycles. The van der Waals surface area contributed by atoms with Crippen molar-refractivity contribution < 1.29 is 0 Å². The molecular formula is C56H42N4. The third-order valence-corrected chi connectivity index (χ3v) is 11.9. The smallest absolute Gasteiger partial charge is 0.100 e. The molecule has 2 heterocycles. The first-order chi connectivity index (χ1) is 29.8. The Bertz CT molecular complexity index is 2630. The summed E-state index contributed by atoms with van der Waals surface area (Å²) in [5.74, 6) is 0. The molecular weight excluding hydrogens is 729 g/mol. The lowest BCUT2D eigenvalue weighted by molar-refractivity contribution is 0.979. The first-order valence-corrected chi connectivity index (χ1v) is 20.7. The maximum Gasteiger partial charge on any atom is 0.100 e. The van der Waals surface area contributed by atoms with E-state index >= 15 is 0 Å². The van der Waals surface area contributed by atoms with E-state index in [1.807, 2.05) is 0 Å². The van der Waals surface area contributed by atoms with Crippen LogP contribution in [0.3, 0.4) is 0 Å². The lowest BCUT2D eigenvalue weighted by Gasteiger charge is -2.28. The van der Waals surface area contributed by atoms with Crippen molar-refractivity contribution in [1.29, 1.82) is 0 Å². The van der Waals surface area contributed by atoms with E-state index in [1.165, 1.54) is 78.6 Å². The van der Waals surface area contributed by atoms with Crippen LogP contribution in [-0.4, -0.2) is 13.3 Å². The van der Waals surface area contributed by atoms with E-state index in [-0.39, 0.29) is 0 Å². The maximum absolute atomic E-state index is 2.51. The van der Waals surface area contributed by atoms with Gasteiger partial charge in [0.05, 0.1) is 34.1 Å². The number of hydrogen-bond acceptors (Lipinski definition) is 4. The topological polar surface area (TPSA) is 13.0 Å². The highest BCUT2D eigenvalue weighted by molar-refractivity contribution is 6.00. The molecule has 0 aromatic heterocycles. The lowest BCUT2D eigenvalue weighted by atomic mass is 9.95. The van der Waals surface area contributed by atoms with Crippen LogP contribution in [0.1, 0.15) is 0 Å². The quantitative estimate of drug-likeness (QED) is 0.153. The highest BCUT2D eigenvalue weighted by Crippen LogP contribution is 2.53. The lowest BCUT2D eigenvalue weighted by Crippen LogP contribution is -2.26. The van der Waals surface area contributed by atoms with Gasteiger partial charge in [-0.15, -0.1) is 0 Å². The molecule has 2 aliphatic heterocycles. The van der Waals surface area contributed by atoms with Crippen LogP contribution in [0.15, 0.2) is 231 Å². The van der Waals surface area contributed by atoms with Gasteiger partial charge in [0.15, 0.2) is 0 Å². The summed E-state index contributed by atoms with van der Waals surface area (Å²) in [6.07, 6.45) is 0. The fourth-order valence-electron chi connectivity index (χ4n) is 9.15. The summed E-state index contributed by atoms with van der Waals surface area (Å²) in [6.45, 7) is 1.33. The molecule has 0 saturated carbocycles. The molecule has 0 saturated heterocycles. The van der Waals surface area contributed by atoms with Crippen LogP contribution in [0.25, 0.3) is 44.5 Å². The summed E-state index contributed by atoms with van der Waals surface area (Å²) in [4.78, 5) is 9.94. The second kappa shape index (κ2) is 15.2. The number of fused-ring (bicyclic) bond motifs is 2. The Morgan fingerprint density at radius 1 is 0.233 bits per heavy atom. The van der Waals surface area contributed by atoms with Gasteiger partial charge in [-0.1, -0.05) is 188 Å². The summed E-state index contributed by atoms with van der Waals surface area (Å²) in [7, 11) is 0. The molecule has 2 aliphatic rings. The van der Waals surface area contributed by atoms with E-state index in [0.29, 0.717) is 13.3 Å². The van der Waals surface area contributed by atoms with Crippen LogP contribution in [0.5, 0.6) is 0 Å². The van der Waals surface area contributed by atoms with Crippen molar-refractivity contribution in [3.8, 4) is 44.5 Å². The molecule has 4 heteroatoms. The van der Waals surface area contributed by atoms with E-state index in [1.54, 1.807) is 0 Å². The predicted octanol–water partition coefficient (Wildman–Crippen LogP) is 14.8. The highest BCUT2D eigenvalue weighted by Gasteiger charge is 2.34. The molecule has 286 valence electrons. The molecule has 9 aromatic carbocycles. The molecule has 60 heavy (non-hydrogen) atoms. The summed E-state index contributed by atoms with van der Waals surface area (Å²) in [5, 5.41) is 0. The monoisotopic (exact) mass is 770 g/mol. The van der Waals surface area contributed by atoms with Gasteiger partial charge < -0.3 is 19.6 Å². The number of anilines is 8.